The predicted molar refractivity (Wildman–Crippen MR) is 145 cm³/mol. The number of carbonyl (C=O) groups excluding carboxylic acids is 3. The number of nitrogens with one attached hydrogen (secondary N) is 2. The Hall–Kier alpha value is -4.00. The Morgan fingerprint density at radius 1 is 0.946 bits per heavy atom. The minimum Gasteiger partial charge on any atom is -0.351 e. The van der Waals surface area contributed by atoms with E-state index in [4.69, 9.17) is 0 Å². The van der Waals surface area contributed by atoms with E-state index in [-0.39, 0.29) is 29.5 Å². The molecule has 3 amide bonds. The fraction of sp³-hybridized carbons (Fsp3) is 0.333. The van der Waals surface area contributed by atoms with E-state index >= 15 is 0 Å². The molecule has 0 radical (unpaired) electrons. The monoisotopic (exact) mass is 498 g/mol. The summed E-state index contributed by atoms with van der Waals surface area (Å²) in [5.41, 5.74) is 3.26. The van der Waals surface area contributed by atoms with Gasteiger partial charge in [0.2, 0.25) is 11.8 Å². The summed E-state index contributed by atoms with van der Waals surface area (Å²) >= 11 is 0. The lowest BCUT2D eigenvalue weighted by Gasteiger charge is -2.33. The highest BCUT2D eigenvalue weighted by atomic mass is 16.2. The average molecular weight is 499 g/mol. The number of amides is 3. The van der Waals surface area contributed by atoms with E-state index in [9.17, 15) is 14.4 Å². The molecular formula is C30H34N4O3. The summed E-state index contributed by atoms with van der Waals surface area (Å²) in [6, 6.07) is 19.1. The van der Waals surface area contributed by atoms with Crippen LogP contribution in [0.25, 0.3) is 0 Å². The highest BCUT2D eigenvalue weighted by molar-refractivity contribution is 6.09. The zero-order valence-electron chi connectivity index (χ0n) is 21.4. The molecule has 0 aliphatic heterocycles. The van der Waals surface area contributed by atoms with Gasteiger partial charge in [-0.2, -0.15) is 0 Å². The van der Waals surface area contributed by atoms with Crippen molar-refractivity contribution in [3.63, 3.8) is 0 Å². The molecule has 2 N–H and O–H groups in total. The number of carbonyl (C=O) groups is 3. The second-order valence-corrected chi connectivity index (χ2v) is 9.46. The van der Waals surface area contributed by atoms with Crippen LogP contribution in [0.4, 0.5) is 11.4 Å². The Bertz CT molecular complexity index is 1200. The summed E-state index contributed by atoms with van der Waals surface area (Å²) < 4.78 is 0. The molecule has 37 heavy (non-hydrogen) atoms. The molecule has 0 bridgehead atoms. The van der Waals surface area contributed by atoms with Crippen molar-refractivity contribution in [1.82, 2.24) is 10.3 Å². The molecule has 0 unspecified atom stereocenters. The van der Waals surface area contributed by atoms with Gasteiger partial charge >= 0.3 is 0 Å². The van der Waals surface area contributed by atoms with E-state index in [0.717, 1.165) is 43.2 Å². The number of hydrogen-bond donors (Lipinski definition) is 2. The van der Waals surface area contributed by atoms with Crippen LogP contribution in [0.3, 0.4) is 0 Å². The summed E-state index contributed by atoms with van der Waals surface area (Å²) in [6.07, 6.45) is 7.67. The van der Waals surface area contributed by atoms with E-state index in [1.54, 1.807) is 48.7 Å². The van der Waals surface area contributed by atoms with Crippen LogP contribution in [0.2, 0.25) is 0 Å². The van der Waals surface area contributed by atoms with Gasteiger partial charge < -0.3 is 10.6 Å². The van der Waals surface area contributed by atoms with E-state index in [2.05, 4.69) is 22.5 Å². The lowest BCUT2D eigenvalue weighted by atomic mass is 9.94. The van der Waals surface area contributed by atoms with Gasteiger partial charge in [0.1, 0.15) is 11.7 Å². The first-order chi connectivity index (χ1) is 18.0. The highest BCUT2D eigenvalue weighted by Crippen LogP contribution is 2.31. The first-order valence-corrected chi connectivity index (χ1v) is 13.0. The molecule has 1 aliphatic carbocycles. The minimum absolute atomic E-state index is 0.0904. The van der Waals surface area contributed by atoms with Crippen LogP contribution in [-0.2, 0) is 16.0 Å². The van der Waals surface area contributed by atoms with Gasteiger partial charge in [-0.25, -0.2) is 0 Å². The third kappa shape index (κ3) is 6.61. The Labute approximate surface area is 218 Å². The molecule has 1 saturated carbocycles. The van der Waals surface area contributed by atoms with Gasteiger partial charge in [-0.3, -0.25) is 24.3 Å². The molecule has 2 aromatic carbocycles. The summed E-state index contributed by atoms with van der Waals surface area (Å²) in [5, 5.41) is 5.98. The van der Waals surface area contributed by atoms with Crippen molar-refractivity contribution >= 4 is 29.1 Å². The standard InChI is InChI=1S/C30H34N4O3/c1-3-22-12-14-23(15-13-22)28(29(36)33-24-9-5-4-6-10-24)34(30(37)27-11-7-8-20-31-27)26-18-16-25(17-19-26)32-21(2)35/h7-8,11-20,24,28H,3-6,9-10H2,1-2H3,(H,32,35)(H,33,36)/t28-/m0/s1. The molecule has 192 valence electrons. The summed E-state index contributed by atoms with van der Waals surface area (Å²) in [4.78, 5) is 45.2. The van der Waals surface area contributed by atoms with Gasteiger partial charge in [0, 0.05) is 30.5 Å². The van der Waals surface area contributed by atoms with Crippen LogP contribution >= 0.6 is 0 Å². The highest BCUT2D eigenvalue weighted by Gasteiger charge is 2.35. The van der Waals surface area contributed by atoms with Crippen LogP contribution in [0.5, 0.6) is 0 Å². The Kier molecular flexibility index (Phi) is 8.67. The lowest BCUT2D eigenvalue weighted by Crippen LogP contribution is -2.47. The maximum atomic E-state index is 14.0. The van der Waals surface area contributed by atoms with Crippen molar-refractivity contribution in [3.05, 3.63) is 89.7 Å². The normalized spacial score (nSPS) is 14.4. The fourth-order valence-electron chi connectivity index (χ4n) is 4.79. The number of pyridine rings is 1. The van der Waals surface area contributed by atoms with Gasteiger partial charge in [0.15, 0.2) is 0 Å². The molecule has 1 heterocycles. The molecule has 1 aliphatic rings. The number of aromatic nitrogens is 1. The van der Waals surface area contributed by atoms with Crippen molar-refractivity contribution in [2.75, 3.05) is 10.2 Å². The minimum atomic E-state index is -0.894. The Balaban J connectivity index is 1.78. The second kappa shape index (κ2) is 12.3. The molecule has 0 saturated heterocycles. The fourth-order valence-corrected chi connectivity index (χ4v) is 4.79. The molecule has 4 rings (SSSR count). The number of nitrogens with zero attached hydrogens (tertiary/aromatic N) is 2. The smallest absolute Gasteiger partial charge is 0.277 e. The van der Waals surface area contributed by atoms with Crippen molar-refractivity contribution in [3.8, 4) is 0 Å². The topological polar surface area (TPSA) is 91.4 Å². The summed E-state index contributed by atoms with van der Waals surface area (Å²) in [6.45, 7) is 3.52. The molecule has 7 heteroatoms. The third-order valence-corrected chi connectivity index (χ3v) is 6.73. The summed E-state index contributed by atoms with van der Waals surface area (Å²) in [5.74, 6) is -0.780. The number of anilines is 2. The van der Waals surface area contributed by atoms with Crippen LogP contribution in [-0.4, -0.2) is 28.7 Å². The lowest BCUT2D eigenvalue weighted by molar-refractivity contribution is -0.123. The number of aryl methyl sites for hydroxylation is 1. The van der Waals surface area contributed by atoms with Crippen LogP contribution in [0, 0.1) is 0 Å². The van der Waals surface area contributed by atoms with E-state index in [1.807, 2.05) is 24.3 Å². The second-order valence-electron chi connectivity index (χ2n) is 9.46. The van der Waals surface area contributed by atoms with Crippen molar-refractivity contribution in [2.45, 2.75) is 64.5 Å². The first kappa shape index (κ1) is 26.1. The molecule has 7 nitrogen and oxygen atoms in total. The largest absolute Gasteiger partial charge is 0.351 e. The number of benzene rings is 2. The summed E-state index contributed by atoms with van der Waals surface area (Å²) in [7, 11) is 0. The maximum absolute atomic E-state index is 14.0. The van der Waals surface area contributed by atoms with E-state index in [0.29, 0.717) is 11.4 Å². The van der Waals surface area contributed by atoms with Crippen molar-refractivity contribution in [2.24, 2.45) is 0 Å². The Morgan fingerprint density at radius 3 is 2.24 bits per heavy atom. The number of hydrogen-bond acceptors (Lipinski definition) is 4. The quantitative estimate of drug-likeness (QED) is 0.433. The maximum Gasteiger partial charge on any atom is 0.277 e. The Morgan fingerprint density at radius 2 is 1.65 bits per heavy atom. The van der Waals surface area contributed by atoms with Crippen molar-refractivity contribution < 1.29 is 14.4 Å². The van der Waals surface area contributed by atoms with Crippen LogP contribution in [0.15, 0.2) is 72.9 Å². The molecule has 1 aromatic heterocycles. The third-order valence-electron chi connectivity index (χ3n) is 6.73. The molecule has 1 fully saturated rings. The van der Waals surface area contributed by atoms with Crippen LogP contribution in [0.1, 0.15) is 73.6 Å². The van der Waals surface area contributed by atoms with Crippen molar-refractivity contribution in [1.29, 1.82) is 0 Å². The average Bonchev–Trinajstić information content (AvgIpc) is 2.93. The molecule has 3 aromatic rings. The molecule has 1 atom stereocenters. The molecular weight excluding hydrogens is 464 g/mol. The zero-order valence-corrected chi connectivity index (χ0v) is 21.4. The SMILES string of the molecule is CCc1ccc([C@@H](C(=O)NC2CCCCC2)N(C(=O)c2ccccn2)c2ccc(NC(C)=O)cc2)cc1. The van der Waals surface area contributed by atoms with E-state index < -0.39 is 6.04 Å². The van der Waals surface area contributed by atoms with Crippen LogP contribution < -0.4 is 15.5 Å². The van der Waals surface area contributed by atoms with Gasteiger partial charge in [0.05, 0.1) is 0 Å². The molecule has 0 spiro atoms. The first-order valence-electron chi connectivity index (χ1n) is 13.0. The van der Waals surface area contributed by atoms with Gasteiger partial charge in [0.25, 0.3) is 5.91 Å². The van der Waals surface area contributed by atoms with Gasteiger partial charge in [-0.05, 0) is 66.8 Å². The number of rotatable bonds is 8. The zero-order chi connectivity index (χ0) is 26.2. The van der Waals surface area contributed by atoms with E-state index in [1.165, 1.54) is 18.2 Å². The van der Waals surface area contributed by atoms with Gasteiger partial charge in [-0.1, -0.05) is 56.5 Å². The predicted octanol–water partition coefficient (Wildman–Crippen LogP) is 5.44. The van der Waals surface area contributed by atoms with Gasteiger partial charge in [-0.15, -0.1) is 0 Å².